The van der Waals surface area contributed by atoms with Crippen LogP contribution in [0.1, 0.15) is 26.7 Å². The van der Waals surface area contributed by atoms with E-state index in [0.29, 0.717) is 38.2 Å². The molecule has 1 aliphatic rings. The van der Waals surface area contributed by atoms with Crippen molar-refractivity contribution in [1.82, 2.24) is 4.90 Å². The summed E-state index contributed by atoms with van der Waals surface area (Å²) in [6.45, 7) is 5.26. The molecule has 1 aromatic carbocycles. The summed E-state index contributed by atoms with van der Waals surface area (Å²) in [6.07, 6.45) is 1.24. The Hall–Kier alpha value is -2.61. The molecular weight excluding hydrogens is 374 g/mol. The molecule has 0 aromatic heterocycles. The van der Waals surface area contributed by atoms with Crippen LogP contribution < -0.4 is 15.0 Å². The first-order valence-electron chi connectivity index (χ1n) is 10.1. The molecule has 2 atom stereocenters. The van der Waals surface area contributed by atoms with Gasteiger partial charge in [0.05, 0.1) is 26.7 Å². The van der Waals surface area contributed by atoms with Crippen LogP contribution in [0.2, 0.25) is 0 Å². The Morgan fingerprint density at radius 3 is 2.38 bits per heavy atom. The molecule has 1 heterocycles. The normalized spacial score (nSPS) is 16.6. The third-order valence-electron chi connectivity index (χ3n) is 5.35. The number of likely N-dealkylation sites (tertiary alicyclic amines) is 1. The van der Waals surface area contributed by atoms with E-state index in [9.17, 15) is 14.4 Å². The van der Waals surface area contributed by atoms with Crippen LogP contribution in [0.5, 0.6) is 5.75 Å². The van der Waals surface area contributed by atoms with Crippen LogP contribution in [0.25, 0.3) is 0 Å². The average Bonchev–Trinajstić information content (AvgIpc) is 2.73. The molecule has 1 unspecified atom stereocenters. The maximum absolute atomic E-state index is 12.8. The average molecular weight is 407 g/mol. The van der Waals surface area contributed by atoms with Crippen molar-refractivity contribution in [3.05, 3.63) is 24.3 Å². The Kier molecular flexibility index (Phi) is 8.45. The lowest BCUT2D eigenvalue weighted by atomic mass is 9.96. The van der Waals surface area contributed by atoms with E-state index < -0.39 is 0 Å². The minimum absolute atomic E-state index is 0.00190. The highest BCUT2D eigenvalue weighted by Crippen LogP contribution is 2.19. The zero-order valence-electron chi connectivity index (χ0n) is 17.7. The van der Waals surface area contributed by atoms with Crippen molar-refractivity contribution in [2.45, 2.75) is 32.7 Å². The number of hydrogen-bond donors (Lipinski definition) is 2. The van der Waals surface area contributed by atoms with Gasteiger partial charge in [0.25, 0.3) is 11.8 Å². The molecule has 160 valence electrons. The van der Waals surface area contributed by atoms with E-state index in [1.54, 1.807) is 43.2 Å². The summed E-state index contributed by atoms with van der Waals surface area (Å²) >= 11 is 0. The Morgan fingerprint density at radius 1 is 1.21 bits per heavy atom. The summed E-state index contributed by atoms with van der Waals surface area (Å²) in [5.41, 5.74) is 0.684. The molecule has 0 spiro atoms. The number of ether oxygens (including phenoxy) is 2. The molecule has 0 aliphatic carbocycles. The predicted octanol–water partition coefficient (Wildman–Crippen LogP) is 0.339. The van der Waals surface area contributed by atoms with Crippen molar-refractivity contribution in [1.29, 1.82) is 0 Å². The van der Waals surface area contributed by atoms with Crippen LogP contribution in [-0.2, 0) is 19.1 Å². The van der Waals surface area contributed by atoms with Gasteiger partial charge in [0.15, 0.2) is 12.6 Å². The minimum Gasteiger partial charge on any atom is -0.497 e. The van der Waals surface area contributed by atoms with Crippen molar-refractivity contribution in [3.8, 4) is 5.75 Å². The van der Waals surface area contributed by atoms with Gasteiger partial charge >= 0.3 is 5.97 Å². The molecular formula is C21H32N3O5+. The van der Waals surface area contributed by atoms with Gasteiger partial charge in [-0.15, -0.1) is 0 Å². The van der Waals surface area contributed by atoms with E-state index >= 15 is 0 Å². The van der Waals surface area contributed by atoms with Gasteiger partial charge in [0, 0.05) is 18.8 Å². The van der Waals surface area contributed by atoms with Gasteiger partial charge in [-0.2, -0.15) is 0 Å². The van der Waals surface area contributed by atoms with E-state index in [1.165, 1.54) is 0 Å². The fourth-order valence-electron chi connectivity index (χ4n) is 3.37. The molecule has 2 rings (SSSR count). The van der Waals surface area contributed by atoms with E-state index in [-0.39, 0.29) is 36.3 Å². The van der Waals surface area contributed by atoms with Crippen molar-refractivity contribution < 1.29 is 28.8 Å². The number of piperidine rings is 1. The number of anilines is 1. The van der Waals surface area contributed by atoms with Crippen molar-refractivity contribution in [2.24, 2.45) is 5.92 Å². The first kappa shape index (κ1) is 22.7. The number of benzene rings is 1. The van der Waals surface area contributed by atoms with Gasteiger partial charge in [-0.1, -0.05) is 0 Å². The highest BCUT2D eigenvalue weighted by molar-refractivity contribution is 5.91. The lowest BCUT2D eigenvalue weighted by molar-refractivity contribution is -0.886. The Bertz CT molecular complexity index is 699. The summed E-state index contributed by atoms with van der Waals surface area (Å²) in [4.78, 5) is 39.6. The smallest absolute Gasteiger partial charge is 0.309 e. The number of esters is 1. The summed E-state index contributed by atoms with van der Waals surface area (Å²) in [6, 6.07) is 6.75. The zero-order valence-corrected chi connectivity index (χ0v) is 17.7. The fraction of sp³-hybridized carbons (Fsp3) is 0.571. The van der Waals surface area contributed by atoms with E-state index in [4.69, 9.17) is 9.47 Å². The third kappa shape index (κ3) is 6.45. The van der Waals surface area contributed by atoms with Crippen LogP contribution in [0.4, 0.5) is 5.69 Å². The Labute approximate surface area is 172 Å². The first-order chi connectivity index (χ1) is 13.8. The molecule has 8 nitrogen and oxygen atoms in total. The number of methoxy groups -OCH3 is 1. The number of carbonyl (C=O) groups is 3. The quantitative estimate of drug-likeness (QED) is 0.608. The molecule has 0 bridgehead atoms. The molecule has 0 radical (unpaired) electrons. The number of likely N-dealkylation sites (N-methyl/N-ethyl adjacent to an activating group) is 1. The standard InChI is InChI=1S/C21H31N3O5/c1-5-29-21(27)16-10-12-24(13-11-16)20(26)15(2)23(3)14-19(25)22-17-6-8-18(28-4)9-7-17/h6-9,15-16H,5,10-14H2,1-4H3,(H,22,25)/p+1/t15-/m1/s1. The van der Waals surface area contributed by atoms with Gasteiger partial charge < -0.3 is 24.6 Å². The molecule has 2 amide bonds. The molecule has 1 fully saturated rings. The van der Waals surface area contributed by atoms with Crippen molar-refractivity contribution in [3.63, 3.8) is 0 Å². The summed E-state index contributed by atoms with van der Waals surface area (Å²) in [5.74, 6) is 0.257. The Balaban J connectivity index is 1.81. The molecule has 1 saturated heterocycles. The SMILES string of the molecule is CCOC(=O)C1CCN(C(=O)[C@@H](C)[NH+](C)CC(=O)Nc2ccc(OC)cc2)CC1. The number of carbonyl (C=O) groups excluding carboxylic acids is 3. The topological polar surface area (TPSA) is 89.4 Å². The van der Waals surface area contributed by atoms with Crippen LogP contribution in [0.3, 0.4) is 0 Å². The highest BCUT2D eigenvalue weighted by Gasteiger charge is 2.33. The second kappa shape index (κ2) is 10.8. The second-order valence-corrected chi connectivity index (χ2v) is 7.37. The Morgan fingerprint density at radius 2 is 1.83 bits per heavy atom. The fourth-order valence-corrected chi connectivity index (χ4v) is 3.37. The molecule has 1 aromatic rings. The summed E-state index contributed by atoms with van der Waals surface area (Å²) in [7, 11) is 3.42. The lowest BCUT2D eigenvalue weighted by Gasteiger charge is -2.33. The summed E-state index contributed by atoms with van der Waals surface area (Å²) in [5, 5.41) is 2.84. The van der Waals surface area contributed by atoms with Gasteiger partial charge in [0.1, 0.15) is 5.75 Å². The highest BCUT2D eigenvalue weighted by atomic mass is 16.5. The second-order valence-electron chi connectivity index (χ2n) is 7.37. The van der Waals surface area contributed by atoms with Crippen LogP contribution >= 0.6 is 0 Å². The van der Waals surface area contributed by atoms with Crippen LogP contribution in [0.15, 0.2) is 24.3 Å². The predicted molar refractivity (Wildman–Crippen MR) is 109 cm³/mol. The molecule has 1 aliphatic heterocycles. The van der Waals surface area contributed by atoms with Gasteiger partial charge in [0.2, 0.25) is 0 Å². The maximum Gasteiger partial charge on any atom is 0.309 e. The maximum atomic E-state index is 12.8. The number of quaternary nitrogens is 1. The van der Waals surface area contributed by atoms with Gasteiger partial charge in [-0.25, -0.2) is 0 Å². The van der Waals surface area contributed by atoms with Crippen LogP contribution in [0, 0.1) is 5.92 Å². The summed E-state index contributed by atoms with van der Waals surface area (Å²) < 4.78 is 10.2. The van der Waals surface area contributed by atoms with Gasteiger partial charge in [-0.05, 0) is 51.0 Å². The number of hydrogen-bond acceptors (Lipinski definition) is 5. The van der Waals surface area contributed by atoms with E-state index in [0.717, 1.165) is 10.6 Å². The largest absolute Gasteiger partial charge is 0.497 e. The van der Waals surface area contributed by atoms with Crippen molar-refractivity contribution in [2.75, 3.05) is 45.7 Å². The van der Waals surface area contributed by atoms with E-state index in [1.807, 2.05) is 14.0 Å². The molecule has 29 heavy (non-hydrogen) atoms. The molecule has 0 saturated carbocycles. The minimum atomic E-state index is -0.351. The number of nitrogens with one attached hydrogen (secondary N) is 2. The molecule has 2 N–H and O–H groups in total. The number of nitrogens with zero attached hydrogens (tertiary/aromatic N) is 1. The number of rotatable bonds is 8. The van der Waals surface area contributed by atoms with Gasteiger partial charge in [-0.3, -0.25) is 14.4 Å². The first-order valence-corrected chi connectivity index (χ1v) is 10.1. The third-order valence-corrected chi connectivity index (χ3v) is 5.35. The number of amides is 2. The lowest BCUT2D eigenvalue weighted by Crippen LogP contribution is -3.15. The zero-order chi connectivity index (χ0) is 21.4. The van der Waals surface area contributed by atoms with E-state index in [2.05, 4.69) is 5.32 Å². The van der Waals surface area contributed by atoms with Crippen LogP contribution in [-0.4, -0.2) is 69.1 Å². The van der Waals surface area contributed by atoms with Crippen molar-refractivity contribution >= 4 is 23.5 Å². The monoisotopic (exact) mass is 406 g/mol. The molecule has 8 heteroatoms.